The summed E-state index contributed by atoms with van der Waals surface area (Å²) in [6, 6.07) is 4.02. The molecule has 0 aromatic heterocycles. The van der Waals surface area contributed by atoms with Gasteiger partial charge in [-0.25, -0.2) is 0 Å². The maximum atomic E-state index is 11.8. The number of nitriles is 2. The summed E-state index contributed by atoms with van der Waals surface area (Å²) in [5.41, 5.74) is 0. The standard InChI is InChI=1S/C10H14N4O/c11-3-1-5-14(6-2-4-12)10(15)9-7-13-8-9/h9,13H,1-2,5-8H2. The van der Waals surface area contributed by atoms with Crippen LogP contribution in [-0.4, -0.2) is 37.0 Å². The zero-order chi connectivity index (χ0) is 11.1. The normalized spacial score (nSPS) is 14.8. The van der Waals surface area contributed by atoms with Gasteiger partial charge in [-0.3, -0.25) is 4.79 Å². The second kappa shape index (κ2) is 6.00. The van der Waals surface area contributed by atoms with Crippen LogP contribution in [0, 0.1) is 28.6 Å². The molecule has 5 nitrogen and oxygen atoms in total. The van der Waals surface area contributed by atoms with Crippen molar-refractivity contribution in [3.8, 4) is 12.1 Å². The third-order valence-electron chi connectivity index (χ3n) is 2.43. The van der Waals surface area contributed by atoms with Gasteiger partial charge in [-0.05, 0) is 0 Å². The minimum Gasteiger partial charge on any atom is -0.340 e. The molecule has 1 amide bonds. The molecule has 0 aromatic carbocycles. The molecule has 1 aliphatic heterocycles. The first-order valence-corrected chi connectivity index (χ1v) is 5.03. The smallest absolute Gasteiger partial charge is 0.228 e. The van der Waals surface area contributed by atoms with Gasteiger partial charge in [-0.2, -0.15) is 10.5 Å². The van der Waals surface area contributed by atoms with Gasteiger partial charge in [0.25, 0.3) is 0 Å². The van der Waals surface area contributed by atoms with Crippen LogP contribution < -0.4 is 5.32 Å². The summed E-state index contributed by atoms with van der Waals surface area (Å²) in [5.74, 6) is 0.113. The summed E-state index contributed by atoms with van der Waals surface area (Å²) in [7, 11) is 0. The number of hydrogen-bond acceptors (Lipinski definition) is 4. The van der Waals surface area contributed by atoms with E-state index in [1.54, 1.807) is 4.90 Å². The van der Waals surface area contributed by atoms with E-state index in [2.05, 4.69) is 5.32 Å². The molecule has 1 heterocycles. The molecule has 0 aromatic rings. The molecule has 0 aliphatic carbocycles. The van der Waals surface area contributed by atoms with Gasteiger partial charge in [-0.1, -0.05) is 0 Å². The summed E-state index contributed by atoms with van der Waals surface area (Å²) in [6.45, 7) is 2.31. The number of amides is 1. The lowest BCUT2D eigenvalue weighted by Gasteiger charge is -2.31. The van der Waals surface area contributed by atoms with Gasteiger partial charge in [0.15, 0.2) is 0 Å². The van der Waals surface area contributed by atoms with E-state index in [4.69, 9.17) is 10.5 Å². The van der Waals surface area contributed by atoms with Crippen LogP contribution in [0.1, 0.15) is 12.8 Å². The third-order valence-corrected chi connectivity index (χ3v) is 2.43. The Balaban J connectivity index is 2.43. The van der Waals surface area contributed by atoms with Gasteiger partial charge in [0.05, 0.1) is 30.9 Å². The fraction of sp³-hybridized carbons (Fsp3) is 0.700. The van der Waals surface area contributed by atoms with Crippen LogP contribution in [0.4, 0.5) is 0 Å². The zero-order valence-electron chi connectivity index (χ0n) is 8.57. The zero-order valence-corrected chi connectivity index (χ0v) is 8.57. The van der Waals surface area contributed by atoms with E-state index >= 15 is 0 Å². The van der Waals surface area contributed by atoms with E-state index < -0.39 is 0 Å². The topological polar surface area (TPSA) is 79.9 Å². The highest BCUT2D eigenvalue weighted by molar-refractivity contribution is 5.80. The third kappa shape index (κ3) is 3.23. The molecule has 1 fully saturated rings. The SMILES string of the molecule is N#CCCN(CCC#N)C(=O)C1CNC1. The Labute approximate surface area is 89.3 Å². The molecule has 0 spiro atoms. The van der Waals surface area contributed by atoms with Crippen LogP contribution in [0.25, 0.3) is 0 Å². The summed E-state index contributed by atoms with van der Waals surface area (Å²) in [6.07, 6.45) is 0.661. The number of nitrogens with zero attached hydrogens (tertiary/aromatic N) is 3. The Kier molecular flexibility index (Phi) is 4.59. The Morgan fingerprint density at radius 3 is 2.13 bits per heavy atom. The highest BCUT2D eigenvalue weighted by atomic mass is 16.2. The minimum absolute atomic E-state index is 0.0439. The molecule has 1 N–H and O–H groups in total. The predicted octanol–water partition coefficient (Wildman–Crippen LogP) is -0.138. The molecule has 0 radical (unpaired) electrons. The van der Waals surface area contributed by atoms with Crippen molar-refractivity contribution in [3.63, 3.8) is 0 Å². The van der Waals surface area contributed by atoms with E-state index in [0.717, 1.165) is 0 Å². The summed E-state index contributed by atoms with van der Waals surface area (Å²) in [4.78, 5) is 13.4. The van der Waals surface area contributed by atoms with Crippen molar-refractivity contribution < 1.29 is 4.79 Å². The highest BCUT2D eigenvalue weighted by Gasteiger charge is 2.28. The second-order valence-corrected chi connectivity index (χ2v) is 3.50. The molecule has 80 valence electrons. The van der Waals surface area contributed by atoms with Crippen LogP contribution in [0.2, 0.25) is 0 Å². The molecule has 15 heavy (non-hydrogen) atoms. The van der Waals surface area contributed by atoms with Crippen molar-refractivity contribution in [1.29, 1.82) is 10.5 Å². The van der Waals surface area contributed by atoms with Gasteiger partial charge in [0.2, 0.25) is 5.91 Å². The fourth-order valence-corrected chi connectivity index (χ4v) is 1.42. The average molecular weight is 206 g/mol. The quantitative estimate of drug-likeness (QED) is 0.679. The summed E-state index contributed by atoms with van der Waals surface area (Å²) >= 11 is 0. The predicted molar refractivity (Wildman–Crippen MR) is 53.4 cm³/mol. The lowest BCUT2D eigenvalue weighted by Crippen LogP contribution is -2.52. The monoisotopic (exact) mass is 206 g/mol. The molecule has 1 rings (SSSR count). The molecule has 0 saturated carbocycles. The van der Waals surface area contributed by atoms with Crippen LogP contribution in [0.3, 0.4) is 0 Å². The number of carbonyl (C=O) groups excluding carboxylic acids is 1. The van der Waals surface area contributed by atoms with Crippen molar-refractivity contribution in [1.82, 2.24) is 10.2 Å². The first-order chi connectivity index (χ1) is 7.29. The largest absolute Gasteiger partial charge is 0.340 e. The highest BCUT2D eigenvalue weighted by Crippen LogP contribution is 2.09. The Morgan fingerprint density at radius 2 is 1.80 bits per heavy atom. The van der Waals surface area contributed by atoms with E-state index in [0.29, 0.717) is 39.0 Å². The lowest BCUT2D eigenvalue weighted by atomic mass is 10.0. The maximum Gasteiger partial charge on any atom is 0.228 e. The van der Waals surface area contributed by atoms with E-state index in [1.807, 2.05) is 12.1 Å². The molecule has 1 saturated heterocycles. The molecule has 5 heteroatoms. The Hall–Kier alpha value is -1.59. The van der Waals surface area contributed by atoms with Crippen molar-refractivity contribution in [2.24, 2.45) is 5.92 Å². The number of hydrogen-bond donors (Lipinski definition) is 1. The molecule has 0 atom stereocenters. The van der Waals surface area contributed by atoms with Gasteiger partial charge in [0, 0.05) is 26.2 Å². The van der Waals surface area contributed by atoms with Gasteiger partial charge in [0.1, 0.15) is 0 Å². The van der Waals surface area contributed by atoms with Gasteiger partial charge < -0.3 is 10.2 Å². The average Bonchev–Trinajstić information content (AvgIpc) is 2.15. The Morgan fingerprint density at radius 1 is 1.27 bits per heavy atom. The number of rotatable bonds is 5. The fourth-order valence-electron chi connectivity index (χ4n) is 1.42. The van der Waals surface area contributed by atoms with Gasteiger partial charge in [-0.15, -0.1) is 0 Å². The molecular formula is C10H14N4O. The van der Waals surface area contributed by atoms with Crippen molar-refractivity contribution in [2.45, 2.75) is 12.8 Å². The molecular weight excluding hydrogens is 192 g/mol. The maximum absolute atomic E-state index is 11.8. The summed E-state index contributed by atoms with van der Waals surface area (Å²) < 4.78 is 0. The molecule has 0 unspecified atom stereocenters. The Bertz CT molecular complexity index is 280. The minimum atomic E-state index is 0.0439. The second-order valence-electron chi connectivity index (χ2n) is 3.50. The van der Waals surface area contributed by atoms with Crippen LogP contribution in [0.5, 0.6) is 0 Å². The lowest BCUT2D eigenvalue weighted by molar-refractivity contribution is -0.137. The van der Waals surface area contributed by atoms with Crippen molar-refractivity contribution >= 4 is 5.91 Å². The first-order valence-electron chi connectivity index (χ1n) is 5.03. The van der Waals surface area contributed by atoms with Crippen LogP contribution in [0.15, 0.2) is 0 Å². The molecule has 0 bridgehead atoms. The van der Waals surface area contributed by atoms with Crippen LogP contribution >= 0.6 is 0 Å². The summed E-state index contributed by atoms with van der Waals surface area (Å²) in [5, 5.41) is 20.0. The number of nitrogens with one attached hydrogen (secondary N) is 1. The molecule has 1 aliphatic rings. The van der Waals surface area contributed by atoms with E-state index in [9.17, 15) is 4.79 Å². The first kappa shape index (κ1) is 11.5. The van der Waals surface area contributed by atoms with E-state index in [1.165, 1.54) is 0 Å². The van der Waals surface area contributed by atoms with Crippen molar-refractivity contribution in [2.75, 3.05) is 26.2 Å². The number of carbonyl (C=O) groups is 1. The van der Waals surface area contributed by atoms with Crippen molar-refractivity contribution in [3.05, 3.63) is 0 Å². The van der Waals surface area contributed by atoms with Gasteiger partial charge >= 0.3 is 0 Å². The van der Waals surface area contributed by atoms with Crippen LogP contribution in [-0.2, 0) is 4.79 Å². The van der Waals surface area contributed by atoms with E-state index in [-0.39, 0.29) is 11.8 Å².